The predicted octanol–water partition coefficient (Wildman–Crippen LogP) is 3.02. The fourth-order valence-electron chi connectivity index (χ4n) is 2.39. The van der Waals surface area contributed by atoms with Crippen LogP contribution in [-0.2, 0) is 11.3 Å². The van der Waals surface area contributed by atoms with Crippen molar-refractivity contribution < 1.29 is 14.2 Å². The maximum Gasteiger partial charge on any atom is 0.124 e. The third-order valence-electron chi connectivity index (χ3n) is 3.31. The Morgan fingerprint density at radius 3 is 2.74 bits per heavy atom. The number of hydrogen-bond donors (Lipinski definition) is 1. The van der Waals surface area contributed by atoms with Crippen LogP contribution in [0.4, 0.5) is 4.39 Å². The van der Waals surface area contributed by atoms with Gasteiger partial charge in [0.2, 0.25) is 0 Å². The summed E-state index contributed by atoms with van der Waals surface area (Å²) in [4.78, 5) is 0. The van der Waals surface area contributed by atoms with Crippen molar-refractivity contribution in [2.24, 2.45) is 0 Å². The molecule has 0 radical (unpaired) electrons. The second-order valence-corrected chi connectivity index (χ2v) is 4.88. The van der Waals surface area contributed by atoms with Gasteiger partial charge in [-0.25, -0.2) is 4.39 Å². The van der Waals surface area contributed by atoms with Gasteiger partial charge in [0, 0.05) is 5.56 Å². The summed E-state index contributed by atoms with van der Waals surface area (Å²) in [5.74, 6) is 4.93. The maximum atomic E-state index is 13.4. The van der Waals surface area contributed by atoms with Crippen LogP contribution in [0.2, 0.25) is 0 Å². The summed E-state index contributed by atoms with van der Waals surface area (Å²) in [5, 5.41) is 8.65. The van der Waals surface area contributed by atoms with Crippen LogP contribution in [-0.4, -0.2) is 17.8 Å². The zero-order chi connectivity index (χ0) is 13.5. The second-order valence-electron chi connectivity index (χ2n) is 4.88. The van der Waals surface area contributed by atoms with Crippen molar-refractivity contribution in [1.29, 1.82) is 0 Å². The SMILES string of the molecule is OCC#Cc1cc(F)cc(COC2CCCCC2)c1. The Kier molecular flexibility index (Phi) is 5.38. The fraction of sp³-hybridized carbons (Fsp3) is 0.500. The maximum absolute atomic E-state index is 13.4. The van der Waals surface area contributed by atoms with E-state index in [1.807, 2.05) is 6.07 Å². The average molecular weight is 262 g/mol. The zero-order valence-electron chi connectivity index (χ0n) is 11.0. The first-order chi connectivity index (χ1) is 9.28. The highest BCUT2D eigenvalue weighted by Crippen LogP contribution is 2.21. The number of aliphatic hydroxyl groups excluding tert-OH is 1. The van der Waals surface area contributed by atoms with E-state index >= 15 is 0 Å². The van der Waals surface area contributed by atoms with Crippen LogP contribution in [0.15, 0.2) is 18.2 Å². The van der Waals surface area contributed by atoms with Gasteiger partial charge in [0.05, 0.1) is 12.7 Å². The van der Waals surface area contributed by atoms with Crippen molar-refractivity contribution in [3.63, 3.8) is 0 Å². The standard InChI is InChI=1S/C16H19FO2/c17-15-10-13(5-4-8-18)9-14(11-15)12-19-16-6-2-1-3-7-16/h9-11,16,18H,1-3,6-8,12H2. The molecule has 1 N–H and O–H groups in total. The molecule has 0 amide bonds. The van der Waals surface area contributed by atoms with Gasteiger partial charge >= 0.3 is 0 Å². The van der Waals surface area contributed by atoms with E-state index in [2.05, 4.69) is 11.8 Å². The molecule has 1 aliphatic carbocycles. The summed E-state index contributed by atoms with van der Waals surface area (Å²) >= 11 is 0. The number of ether oxygens (including phenoxy) is 1. The lowest BCUT2D eigenvalue weighted by Gasteiger charge is -2.22. The highest BCUT2D eigenvalue weighted by molar-refractivity contribution is 5.37. The van der Waals surface area contributed by atoms with Crippen LogP contribution in [0.3, 0.4) is 0 Å². The molecule has 0 bridgehead atoms. The van der Waals surface area contributed by atoms with E-state index in [1.54, 1.807) is 0 Å². The second kappa shape index (κ2) is 7.28. The Morgan fingerprint density at radius 2 is 2.00 bits per heavy atom. The smallest absolute Gasteiger partial charge is 0.124 e. The van der Waals surface area contributed by atoms with Gasteiger partial charge in [-0.2, -0.15) is 0 Å². The van der Waals surface area contributed by atoms with Crippen molar-refractivity contribution >= 4 is 0 Å². The minimum absolute atomic E-state index is 0.218. The number of benzene rings is 1. The van der Waals surface area contributed by atoms with Crippen LogP contribution < -0.4 is 0 Å². The Balaban J connectivity index is 1.97. The van der Waals surface area contributed by atoms with Gasteiger partial charge in [0.1, 0.15) is 12.4 Å². The molecule has 0 aliphatic heterocycles. The molecule has 0 unspecified atom stereocenters. The highest BCUT2D eigenvalue weighted by atomic mass is 19.1. The molecule has 1 saturated carbocycles. The van der Waals surface area contributed by atoms with Gasteiger partial charge in [-0.05, 0) is 36.6 Å². The fourth-order valence-corrected chi connectivity index (χ4v) is 2.39. The first-order valence-corrected chi connectivity index (χ1v) is 6.79. The van der Waals surface area contributed by atoms with E-state index in [1.165, 1.54) is 31.4 Å². The van der Waals surface area contributed by atoms with Gasteiger partial charge in [-0.3, -0.25) is 0 Å². The van der Waals surface area contributed by atoms with Crippen molar-refractivity contribution in [2.45, 2.75) is 44.8 Å². The molecular weight excluding hydrogens is 243 g/mol. The summed E-state index contributed by atoms with van der Waals surface area (Å²) in [6, 6.07) is 4.66. The lowest BCUT2D eigenvalue weighted by Crippen LogP contribution is -2.16. The Bertz CT molecular complexity index is 467. The molecule has 1 aromatic rings. The molecule has 1 aromatic carbocycles. The quantitative estimate of drug-likeness (QED) is 0.848. The van der Waals surface area contributed by atoms with Crippen LogP contribution in [0.25, 0.3) is 0 Å². The molecule has 1 aliphatic rings. The molecule has 0 spiro atoms. The molecule has 2 rings (SSSR count). The number of rotatable bonds is 3. The monoisotopic (exact) mass is 262 g/mol. The summed E-state index contributed by atoms with van der Waals surface area (Å²) in [7, 11) is 0. The normalized spacial score (nSPS) is 15.9. The van der Waals surface area contributed by atoms with Gasteiger partial charge in [0.15, 0.2) is 0 Å². The third-order valence-corrected chi connectivity index (χ3v) is 3.31. The lowest BCUT2D eigenvalue weighted by molar-refractivity contribution is 0.0167. The molecule has 0 atom stereocenters. The molecule has 102 valence electrons. The average Bonchev–Trinajstić information content (AvgIpc) is 2.43. The van der Waals surface area contributed by atoms with E-state index in [0.29, 0.717) is 18.3 Å². The van der Waals surface area contributed by atoms with Gasteiger partial charge in [-0.15, -0.1) is 0 Å². The van der Waals surface area contributed by atoms with Crippen molar-refractivity contribution in [3.05, 3.63) is 35.1 Å². The molecule has 1 fully saturated rings. The van der Waals surface area contributed by atoms with Gasteiger partial charge < -0.3 is 9.84 Å². The van der Waals surface area contributed by atoms with Gasteiger partial charge in [0.25, 0.3) is 0 Å². The summed E-state index contributed by atoms with van der Waals surface area (Å²) in [5.41, 5.74) is 1.38. The van der Waals surface area contributed by atoms with E-state index in [0.717, 1.165) is 18.4 Å². The van der Waals surface area contributed by atoms with Gasteiger partial charge in [-0.1, -0.05) is 31.1 Å². The Morgan fingerprint density at radius 1 is 1.21 bits per heavy atom. The van der Waals surface area contributed by atoms with E-state index in [9.17, 15) is 4.39 Å². The van der Waals surface area contributed by atoms with Crippen LogP contribution in [0.5, 0.6) is 0 Å². The zero-order valence-corrected chi connectivity index (χ0v) is 11.0. The number of hydrogen-bond acceptors (Lipinski definition) is 2. The summed E-state index contributed by atoms with van der Waals surface area (Å²) in [6.07, 6.45) is 6.26. The number of aliphatic hydroxyl groups is 1. The minimum atomic E-state index is -0.313. The lowest BCUT2D eigenvalue weighted by atomic mass is 9.98. The third kappa shape index (κ3) is 4.66. The predicted molar refractivity (Wildman–Crippen MR) is 72.0 cm³/mol. The molecule has 19 heavy (non-hydrogen) atoms. The van der Waals surface area contributed by atoms with Crippen LogP contribution in [0, 0.1) is 17.7 Å². The summed E-state index contributed by atoms with van der Waals surface area (Å²) in [6.45, 7) is 0.209. The molecule has 3 heteroatoms. The van der Waals surface area contributed by atoms with E-state index in [-0.39, 0.29) is 12.4 Å². The largest absolute Gasteiger partial charge is 0.384 e. The molecule has 0 aromatic heterocycles. The minimum Gasteiger partial charge on any atom is -0.384 e. The van der Waals surface area contributed by atoms with E-state index in [4.69, 9.17) is 9.84 Å². The molecule has 0 heterocycles. The number of halogens is 1. The van der Waals surface area contributed by atoms with Crippen molar-refractivity contribution in [1.82, 2.24) is 0 Å². The van der Waals surface area contributed by atoms with Crippen molar-refractivity contribution in [3.8, 4) is 11.8 Å². The summed E-state index contributed by atoms with van der Waals surface area (Å²) < 4.78 is 19.3. The van der Waals surface area contributed by atoms with Crippen LogP contribution in [0.1, 0.15) is 43.2 Å². The molecule has 2 nitrogen and oxygen atoms in total. The van der Waals surface area contributed by atoms with Crippen molar-refractivity contribution in [2.75, 3.05) is 6.61 Å². The Hall–Kier alpha value is -1.37. The topological polar surface area (TPSA) is 29.5 Å². The van der Waals surface area contributed by atoms with Crippen LogP contribution >= 0.6 is 0 Å². The highest BCUT2D eigenvalue weighted by Gasteiger charge is 2.13. The Labute approximate surface area is 113 Å². The first kappa shape index (κ1) is 14.0. The molecule has 0 saturated heterocycles. The first-order valence-electron chi connectivity index (χ1n) is 6.79. The molecular formula is C16H19FO2. The van der Waals surface area contributed by atoms with E-state index < -0.39 is 0 Å².